The van der Waals surface area contributed by atoms with Gasteiger partial charge in [0.2, 0.25) is 0 Å². The predicted molar refractivity (Wildman–Crippen MR) is 58.7 cm³/mol. The lowest BCUT2D eigenvalue weighted by Crippen LogP contribution is -2.46. The molecule has 0 aromatic rings. The van der Waals surface area contributed by atoms with Gasteiger partial charge in [-0.05, 0) is 12.8 Å². The van der Waals surface area contributed by atoms with E-state index in [4.69, 9.17) is 5.11 Å². The van der Waals surface area contributed by atoms with Crippen LogP contribution in [0.15, 0.2) is 0 Å². The molecule has 0 aromatic carbocycles. The van der Waals surface area contributed by atoms with Crippen molar-refractivity contribution in [1.29, 1.82) is 0 Å². The summed E-state index contributed by atoms with van der Waals surface area (Å²) in [5.74, 6) is 0. The number of hydrogen-bond donors (Lipinski definition) is 1. The fourth-order valence-corrected chi connectivity index (χ4v) is 3.31. The first-order valence-corrected chi connectivity index (χ1v) is 6.70. The first kappa shape index (κ1) is 12.9. The normalized spacial score (nSPS) is 19.3. The molecule has 1 aliphatic rings. The van der Waals surface area contributed by atoms with E-state index in [1.165, 1.54) is 22.7 Å². The summed E-state index contributed by atoms with van der Waals surface area (Å²) in [6, 6.07) is 0.0737. The largest absolute Gasteiger partial charge is 0.395 e. The Balaban J connectivity index is 2.81. The molecule has 1 N–H and O–H groups in total. The Kier molecular flexibility index (Phi) is 4.51. The molecule has 0 heterocycles. The zero-order valence-electron chi connectivity index (χ0n) is 9.39. The highest BCUT2D eigenvalue weighted by Gasteiger charge is 2.32. The molecule has 0 radical (unpaired) electrons. The molecule has 1 rings (SSSR count). The van der Waals surface area contributed by atoms with Crippen LogP contribution in [-0.4, -0.2) is 55.4 Å². The first-order chi connectivity index (χ1) is 7.00. The van der Waals surface area contributed by atoms with Crippen LogP contribution < -0.4 is 0 Å². The Morgan fingerprint density at radius 1 is 1.27 bits per heavy atom. The zero-order chi connectivity index (χ0) is 11.5. The number of aliphatic hydroxyl groups excluding tert-OH is 1. The van der Waals surface area contributed by atoms with Crippen LogP contribution in [0.2, 0.25) is 0 Å². The van der Waals surface area contributed by atoms with E-state index in [1.54, 1.807) is 0 Å². The van der Waals surface area contributed by atoms with E-state index in [0.29, 0.717) is 0 Å². The maximum absolute atomic E-state index is 11.9. The van der Waals surface area contributed by atoms with Crippen LogP contribution in [0.5, 0.6) is 0 Å². The number of nitrogens with zero attached hydrogens (tertiary/aromatic N) is 2. The fourth-order valence-electron chi connectivity index (χ4n) is 1.99. The number of hydrogen-bond acceptors (Lipinski definition) is 3. The van der Waals surface area contributed by atoms with Gasteiger partial charge in [-0.2, -0.15) is 17.0 Å². The van der Waals surface area contributed by atoms with Crippen molar-refractivity contribution < 1.29 is 13.5 Å². The standard InChI is InChI=1S/C9H20N2O3S/c1-10(2)15(13,14)11(7-8-12)9-5-3-4-6-9/h9,12H,3-8H2,1-2H3. The monoisotopic (exact) mass is 236 g/mol. The summed E-state index contributed by atoms with van der Waals surface area (Å²) in [5.41, 5.74) is 0. The van der Waals surface area contributed by atoms with E-state index in [0.717, 1.165) is 25.7 Å². The second-order valence-electron chi connectivity index (χ2n) is 4.06. The minimum absolute atomic E-state index is 0.0737. The van der Waals surface area contributed by atoms with Crippen molar-refractivity contribution in [2.45, 2.75) is 31.7 Å². The van der Waals surface area contributed by atoms with Crippen LogP contribution >= 0.6 is 0 Å². The molecule has 1 aliphatic carbocycles. The molecule has 1 fully saturated rings. The van der Waals surface area contributed by atoms with Gasteiger partial charge in [0, 0.05) is 26.7 Å². The Labute approximate surface area is 91.9 Å². The lowest BCUT2D eigenvalue weighted by atomic mass is 10.2. The summed E-state index contributed by atoms with van der Waals surface area (Å²) < 4.78 is 26.5. The maximum Gasteiger partial charge on any atom is 0.281 e. The number of aliphatic hydroxyl groups is 1. The van der Waals surface area contributed by atoms with Gasteiger partial charge >= 0.3 is 0 Å². The molecule has 5 nitrogen and oxygen atoms in total. The smallest absolute Gasteiger partial charge is 0.281 e. The molecule has 0 bridgehead atoms. The molecule has 15 heavy (non-hydrogen) atoms. The molecular formula is C9H20N2O3S. The van der Waals surface area contributed by atoms with Crippen LogP contribution in [0.1, 0.15) is 25.7 Å². The molecular weight excluding hydrogens is 216 g/mol. The van der Waals surface area contributed by atoms with E-state index >= 15 is 0 Å². The summed E-state index contributed by atoms with van der Waals surface area (Å²) in [4.78, 5) is 0. The van der Waals surface area contributed by atoms with Gasteiger partial charge in [-0.25, -0.2) is 0 Å². The van der Waals surface area contributed by atoms with E-state index in [1.807, 2.05) is 0 Å². The van der Waals surface area contributed by atoms with Crippen LogP contribution in [0, 0.1) is 0 Å². The Morgan fingerprint density at radius 2 is 1.80 bits per heavy atom. The van der Waals surface area contributed by atoms with Crippen LogP contribution in [-0.2, 0) is 10.2 Å². The second-order valence-corrected chi connectivity index (χ2v) is 6.16. The van der Waals surface area contributed by atoms with Crippen molar-refractivity contribution >= 4 is 10.2 Å². The van der Waals surface area contributed by atoms with Crippen molar-refractivity contribution in [2.75, 3.05) is 27.2 Å². The maximum atomic E-state index is 11.9. The average molecular weight is 236 g/mol. The molecule has 90 valence electrons. The summed E-state index contributed by atoms with van der Waals surface area (Å²) >= 11 is 0. The van der Waals surface area contributed by atoms with E-state index < -0.39 is 10.2 Å². The van der Waals surface area contributed by atoms with Gasteiger partial charge in [-0.1, -0.05) is 12.8 Å². The first-order valence-electron chi connectivity index (χ1n) is 5.30. The highest BCUT2D eigenvalue weighted by molar-refractivity contribution is 7.86. The Morgan fingerprint density at radius 3 is 2.20 bits per heavy atom. The van der Waals surface area contributed by atoms with Crippen molar-refractivity contribution in [3.05, 3.63) is 0 Å². The van der Waals surface area contributed by atoms with Crippen molar-refractivity contribution in [3.63, 3.8) is 0 Å². The summed E-state index contributed by atoms with van der Waals surface area (Å²) in [7, 11) is -0.333. The second kappa shape index (κ2) is 5.25. The summed E-state index contributed by atoms with van der Waals surface area (Å²) in [6.45, 7) is 0.0781. The lowest BCUT2D eigenvalue weighted by molar-refractivity contribution is 0.219. The zero-order valence-corrected chi connectivity index (χ0v) is 10.2. The van der Waals surface area contributed by atoms with Crippen LogP contribution in [0.4, 0.5) is 0 Å². The van der Waals surface area contributed by atoms with Gasteiger partial charge in [-0.15, -0.1) is 0 Å². The molecule has 0 aromatic heterocycles. The Hall–Kier alpha value is -0.170. The van der Waals surface area contributed by atoms with E-state index in [-0.39, 0.29) is 19.2 Å². The van der Waals surface area contributed by atoms with Gasteiger partial charge in [0.05, 0.1) is 6.61 Å². The van der Waals surface area contributed by atoms with Gasteiger partial charge in [-0.3, -0.25) is 0 Å². The van der Waals surface area contributed by atoms with Crippen LogP contribution in [0.3, 0.4) is 0 Å². The Bertz CT molecular complexity index is 284. The molecule has 1 saturated carbocycles. The molecule has 0 unspecified atom stereocenters. The van der Waals surface area contributed by atoms with Gasteiger partial charge in [0.25, 0.3) is 10.2 Å². The number of rotatable bonds is 5. The predicted octanol–water partition coefficient (Wildman–Crippen LogP) is 0.0297. The third-order valence-electron chi connectivity index (χ3n) is 2.81. The highest BCUT2D eigenvalue weighted by atomic mass is 32.2. The molecule has 0 amide bonds. The van der Waals surface area contributed by atoms with Crippen molar-refractivity contribution in [2.24, 2.45) is 0 Å². The molecule has 0 atom stereocenters. The third kappa shape index (κ3) is 2.90. The molecule has 0 aliphatic heterocycles. The average Bonchev–Trinajstić information content (AvgIpc) is 2.66. The lowest BCUT2D eigenvalue weighted by Gasteiger charge is -2.29. The van der Waals surface area contributed by atoms with Gasteiger partial charge in [0.1, 0.15) is 0 Å². The summed E-state index contributed by atoms with van der Waals surface area (Å²) in [6.07, 6.45) is 3.98. The quantitative estimate of drug-likeness (QED) is 0.732. The van der Waals surface area contributed by atoms with Crippen molar-refractivity contribution in [1.82, 2.24) is 8.61 Å². The van der Waals surface area contributed by atoms with Gasteiger partial charge < -0.3 is 5.11 Å². The minimum atomic E-state index is -3.38. The van der Waals surface area contributed by atoms with Crippen molar-refractivity contribution in [3.8, 4) is 0 Å². The molecule has 0 spiro atoms. The fraction of sp³-hybridized carbons (Fsp3) is 1.00. The van der Waals surface area contributed by atoms with Crippen LogP contribution in [0.25, 0.3) is 0 Å². The topological polar surface area (TPSA) is 60.9 Å². The molecule has 6 heteroatoms. The third-order valence-corrected chi connectivity index (χ3v) is 4.81. The van der Waals surface area contributed by atoms with Gasteiger partial charge in [0.15, 0.2) is 0 Å². The van der Waals surface area contributed by atoms with E-state index in [9.17, 15) is 8.42 Å². The van der Waals surface area contributed by atoms with E-state index in [2.05, 4.69) is 0 Å². The summed E-state index contributed by atoms with van der Waals surface area (Å²) in [5, 5.41) is 8.92. The molecule has 0 saturated heterocycles. The SMILES string of the molecule is CN(C)S(=O)(=O)N(CCO)C1CCCC1. The minimum Gasteiger partial charge on any atom is -0.395 e. The highest BCUT2D eigenvalue weighted by Crippen LogP contribution is 2.25.